The predicted octanol–water partition coefficient (Wildman–Crippen LogP) is 3.98. The topological polar surface area (TPSA) is 81.8 Å². The summed E-state index contributed by atoms with van der Waals surface area (Å²) < 4.78 is 13.0. The van der Waals surface area contributed by atoms with Crippen LogP contribution >= 0.6 is 45.2 Å². The fourth-order valence-corrected chi connectivity index (χ4v) is 2.32. The minimum absolute atomic E-state index is 0.0403. The van der Waals surface area contributed by atoms with E-state index < -0.39 is 6.23 Å². The van der Waals surface area contributed by atoms with E-state index in [9.17, 15) is 4.79 Å². The van der Waals surface area contributed by atoms with Crippen LogP contribution in [-0.4, -0.2) is 29.3 Å². The van der Waals surface area contributed by atoms with Gasteiger partial charge in [-0.15, -0.1) is 0 Å². The van der Waals surface area contributed by atoms with Crippen molar-refractivity contribution in [3.63, 3.8) is 0 Å². The fraction of sp³-hybridized carbons (Fsp3) is 0.316. The molecule has 2 aromatic carbocycles. The van der Waals surface area contributed by atoms with Gasteiger partial charge in [-0.05, 0) is 114 Å². The molecule has 26 heavy (non-hydrogen) atoms. The maximum atomic E-state index is 10.9. The highest BCUT2D eigenvalue weighted by molar-refractivity contribution is 14.1. The second kappa shape index (κ2) is 11.7. The lowest BCUT2D eigenvalue weighted by molar-refractivity contribution is -0.122. The lowest BCUT2D eigenvalue weighted by Crippen LogP contribution is -2.36. The van der Waals surface area contributed by atoms with E-state index in [2.05, 4.69) is 45.2 Å². The number of nitrogens with two attached hydrogens (primary N) is 1. The second-order valence-electron chi connectivity index (χ2n) is 5.59. The Morgan fingerprint density at radius 1 is 0.923 bits per heavy atom. The number of aliphatic hydroxyl groups excluding tert-OH is 1. The Morgan fingerprint density at radius 2 is 1.31 bits per heavy atom. The molecule has 7 heteroatoms. The van der Waals surface area contributed by atoms with Crippen LogP contribution in [0.1, 0.15) is 20.8 Å². The van der Waals surface area contributed by atoms with Crippen molar-refractivity contribution in [2.75, 3.05) is 0 Å². The molecule has 5 nitrogen and oxygen atoms in total. The van der Waals surface area contributed by atoms with Gasteiger partial charge < -0.3 is 20.3 Å². The number of rotatable bonds is 6. The highest BCUT2D eigenvalue weighted by Gasteiger charge is 2.10. The quantitative estimate of drug-likeness (QED) is 0.398. The van der Waals surface area contributed by atoms with E-state index in [1.165, 1.54) is 6.92 Å². The first-order valence-corrected chi connectivity index (χ1v) is 10.1. The Morgan fingerprint density at radius 3 is 1.65 bits per heavy atom. The summed E-state index contributed by atoms with van der Waals surface area (Å²) in [7, 11) is 0. The number of Topliss-reactive ketones (excluding diaryl/α,β-unsaturated/α-hetero) is 1. The third-order valence-corrected chi connectivity index (χ3v) is 4.75. The summed E-state index contributed by atoms with van der Waals surface area (Å²) in [4.78, 5) is 10.9. The zero-order chi connectivity index (χ0) is 19.7. The number of ether oxygens (including phenoxy) is 2. The number of benzene rings is 2. The molecule has 3 N–H and O–H groups in total. The van der Waals surface area contributed by atoms with Crippen LogP contribution in [0.4, 0.5) is 0 Å². The molecule has 0 amide bonds. The molecule has 0 aliphatic carbocycles. The van der Waals surface area contributed by atoms with Crippen molar-refractivity contribution in [3.05, 3.63) is 55.7 Å². The number of aliphatic hydroxyl groups is 1. The van der Waals surface area contributed by atoms with Gasteiger partial charge in [0.1, 0.15) is 23.8 Å². The van der Waals surface area contributed by atoms with Crippen LogP contribution in [0.25, 0.3) is 0 Å². The highest BCUT2D eigenvalue weighted by Crippen LogP contribution is 2.16. The number of hydrogen-bond donors (Lipinski definition) is 2. The molecule has 0 radical (unpaired) electrons. The molecule has 0 fully saturated rings. The molecule has 3 atom stereocenters. The summed E-state index contributed by atoms with van der Waals surface area (Å²) in [6.07, 6.45) is -1.69. The molecule has 142 valence electrons. The average Bonchev–Trinajstić information content (AvgIpc) is 2.59. The first kappa shape index (κ1) is 23.1. The van der Waals surface area contributed by atoms with E-state index >= 15 is 0 Å². The van der Waals surface area contributed by atoms with Crippen molar-refractivity contribution in [1.82, 2.24) is 0 Å². The lowest BCUT2D eigenvalue weighted by Gasteiger charge is -2.16. The van der Waals surface area contributed by atoms with E-state index in [0.29, 0.717) is 0 Å². The minimum Gasteiger partial charge on any atom is -0.487 e. The maximum absolute atomic E-state index is 10.9. The largest absolute Gasteiger partial charge is 0.487 e. The Hall–Kier alpha value is -0.910. The Balaban J connectivity index is 0.000000260. The molecule has 0 saturated heterocycles. The number of ketones is 1. The van der Waals surface area contributed by atoms with Crippen molar-refractivity contribution in [1.29, 1.82) is 0 Å². The predicted molar refractivity (Wildman–Crippen MR) is 119 cm³/mol. The van der Waals surface area contributed by atoms with Gasteiger partial charge in [0.15, 0.2) is 11.9 Å². The van der Waals surface area contributed by atoms with Crippen LogP contribution < -0.4 is 15.2 Å². The smallest absolute Gasteiger partial charge is 0.169 e. The molecule has 0 saturated carbocycles. The Labute approximate surface area is 181 Å². The van der Waals surface area contributed by atoms with Gasteiger partial charge in [-0.25, -0.2) is 0 Å². The summed E-state index contributed by atoms with van der Waals surface area (Å²) >= 11 is 4.43. The summed E-state index contributed by atoms with van der Waals surface area (Å²) in [5.74, 6) is 1.50. The zero-order valence-electron chi connectivity index (χ0n) is 14.9. The summed E-state index contributed by atoms with van der Waals surface area (Å²) in [5.41, 5.74) is 5.24. The van der Waals surface area contributed by atoms with Gasteiger partial charge in [-0.3, -0.25) is 4.79 Å². The van der Waals surface area contributed by atoms with Gasteiger partial charge in [-0.2, -0.15) is 0 Å². The number of hydrogen-bond acceptors (Lipinski definition) is 5. The minimum atomic E-state index is -0.945. The van der Waals surface area contributed by atoms with Gasteiger partial charge in [0, 0.05) is 7.14 Å². The number of halogens is 2. The number of carbonyl (C=O) groups excluding carboxylic acids is 1. The first-order valence-electron chi connectivity index (χ1n) is 7.97. The van der Waals surface area contributed by atoms with E-state index in [1.54, 1.807) is 13.8 Å². The molecular formula is C19H23I2NO4. The van der Waals surface area contributed by atoms with Crippen LogP contribution in [-0.2, 0) is 4.79 Å². The van der Waals surface area contributed by atoms with Gasteiger partial charge in [0.2, 0.25) is 0 Å². The normalized spacial score (nSPS) is 13.7. The van der Waals surface area contributed by atoms with Crippen molar-refractivity contribution in [2.24, 2.45) is 5.73 Å². The summed E-state index contributed by atoms with van der Waals surface area (Å²) in [6.45, 7) is 5.00. The Kier molecular flexibility index (Phi) is 10.4. The van der Waals surface area contributed by atoms with E-state index in [1.807, 2.05) is 48.5 Å². The molecule has 0 bridgehead atoms. The Bertz CT molecular complexity index is 675. The van der Waals surface area contributed by atoms with Gasteiger partial charge in [0.05, 0.1) is 0 Å². The third-order valence-electron chi connectivity index (χ3n) is 3.32. The fourth-order valence-electron chi connectivity index (χ4n) is 1.60. The highest BCUT2D eigenvalue weighted by atomic mass is 127. The number of carbonyl (C=O) groups is 1. The maximum Gasteiger partial charge on any atom is 0.169 e. The van der Waals surface area contributed by atoms with Gasteiger partial charge in [-0.1, -0.05) is 0 Å². The van der Waals surface area contributed by atoms with Crippen molar-refractivity contribution < 1.29 is 19.4 Å². The van der Waals surface area contributed by atoms with Crippen molar-refractivity contribution in [3.8, 4) is 11.5 Å². The average molecular weight is 583 g/mol. The molecule has 0 aromatic heterocycles. The third kappa shape index (κ3) is 9.15. The SMILES string of the molecule is CC(=O)C(C)Oc1ccc(I)cc1.CC(Oc1ccc(I)cc1)C(N)O. The van der Waals surface area contributed by atoms with Crippen LogP contribution in [0.2, 0.25) is 0 Å². The first-order chi connectivity index (χ1) is 12.2. The second-order valence-corrected chi connectivity index (χ2v) is 8.08. The molecule has 0 heterocycles. The van der Waals surface area contributed by atoms with Crippen LogP contribution in [0.15, 0.2) is 48.5 Å². The van der Waals surface area contributed by atoms with E-state index in [-0.39, 0.29) is 18.0 Å². The molecule has 3 unspecified atom stereocenters. The zero-order valence-corrected chi connectivity index (χ0v) is 19.2. The van der Waals surface area contributed by atoms with Crippen LogP contribution in [0, 0.1) is 7.14 Å². The van der Waals surface area contributed by atoms with Crippen molar-refractivity contribution in [2.45, 2.75) is 39.2 Å². The summed E-state index contributed by atoms with van der Waals surface area (Å²) in [5, 5.41) is 8.99. The lowest BCUT2D eigenvalue weighted by atomic mass is 10.3. The molecule has 2 aromatic rings. The molecular weight excluding hydrogens is 560 g/mol. The van der Waals surface area contributed by atoms with E-state index in [0.717, 1.165) is 18.6 Å². The monoisotopic (exact) mass is 583 g/mol. The van der Waals surface area contributed by atoms with Crippen LogP contribution in [0.3, 0.4) is 0 Å². The molecule has 0 aliphatic heterocycles. The van der Waals surface area contributed by atoms with Crippen LogP contribution in [0.5, 0.6) is 11.5 Å². The summed E-state index contributed by atoms with van der Waals surface area (Å²) in [6, 6.07) is 15.2. The van der Waals surface area contributed by atoms with Gasteiger partial charge >= 0.3 is 0 Å². The van der Waals surface area contributed by atoms with Crippen molar-refractivity contribution >= 4 is 51.0 Å². The van der Waals surface area contributed by atoms with E-state index in [4.69, 9.17) is 20.3 Å². The molecule has 0 spiro atoms. The molecule has 2 rings (SSSR count). The standard InChI is InChI=1S/C10H11IO2.C9H12INO2/c1-7(12)8(2)13-10-5-3-9(11)4-6-10;1-6(9(11)12)13-8-4-2-7(10)3-5-8/h3-6,8H,1-2H3;2-6,9,12H,11H2,1H3. The molecule has 0 aliphatic rings. The van der Waals surface area contributed by atoms with Gasteiger partial charge in [0.25, 0.3) is 0 Å².